The van der Waals surface area contributed by atoms with Crippen LogP contribution in [0.2, 0.25) is 5.02 Å². The van der Waals surface area contributed by atoms with Crippen LogP contribution in [0.5, 0.6) is 0 Å². The molecule has 2 aliphatic heterocycles. The second kappa shape index (κ2) is 14.9. The fourth-order valence-electron chi connectivity index (χ4n) is 5.26. The van der Waals surface area contributed by atoms with E-state index in [1.165, 1.54) is 31.4 Å². The van der Waals surface area contributed by atoms with Gasteiger partial charge in [-0.1, -0.05) is 37.6 Å². The van der Waals surface area contributed by atoms with Crippen LogP contribution in [0.25, 0.3) is 0 Å². The molecule has 0 spiro atoms. The number of aliphatic carboxylic acids is 1. The number of amides is 4. The molecule has 6 N–H and O–H groups in total. The van der Waals surface area contributed by atoms with Gasteiger partial charge in [-0.15, -0.1) is 0 Å². The predicted molar refractivity (Wildman–Crippen MR) is 173 cm³/mol. The Morgan fingerprint density at radius 1 is 1.10 bits per heavy atom. The third-order valence-corrected chi connectivity index (χ3v) is 7.98. The first-order valence-electron chi connectivity index (χ1n) is 14.9. The Morgan fingerprint density at radius 2 is 1.78 bits per heavy atom. The lowest BCUT2D eigenvalue weighted by Crippen LogP contribution is -2.49. The van der Waals surface area contributed by atoms with Crippen molar-refractivity contribution in [3.8, 4) is 0 Å². The maximum absolute atomic E-state index is 14.7. The van der Waals surface area contributed by atoms with Gasteiger partial charge in [0.05, 0.1) is 17.4 Å². The summed E-state index contributed by atoms with van der Waals surface area (Å²) in [7, 11) is 1.45. The van der Waals surface area contributed by atoms with Crippen LogP contribution in [0.15, 0.2) is 42.6 Å². The number of aromatic nitrogens is 2. The zero-order valence-electron chi connectivity index (χ0n) is 26.5. The fraction of sp³-hybridized carbons (Fsp3) is 0.355. The molecule has 1 fully saturated rings. The van der Waals surface area contributed by atoms with Crippen LogP contribution in [0.1, 0.15) is 49.0 Å². The van der Waals surface area contributed by atoms with Crippen LogP contribution in [0, 0.1) is 5.82 Å². The number of para-hydroxylation sites is 1. The molecule has 49 heavy (non-hydrogen) atoms. The van der Waals surface area contributed by atoms with E-state index in [9.17, 15) is 31.9 Å². The largest absolute Gasteiger partial charge is 0.490 e. The van der Waals surface area contributed by atoms with Gasteiger partial charge in [0.1, 0.15) is 16.9 Å². The molecule has 0 bridgehead atoms. The molecule has 2 aliphatic rings. The number of nitrogens with one attached hydrogen (secondary N) is 5. The van der Waals surface area contributed by atoms with Crippen molar-refractivity contribution in [1.29, 1.82) is 0 Å². The molecule has 4 amide bonds. The number of carboxylic acid groups (broad SMARTS) is 1. The number of halogens is 5. The molecule has 1 saturated heterocycles. The molecule has 18 heteroatoms. The van der Waals surface area contributed by atoms with Gasteiger partial charge in [-0.05, 0) is 54.5 Å². The van der Waals surface area contributed by atoms with Gasteiger partial charge in [0.15, 0.2) is 5.82 Å². The highest BCUT2D eigenvalue weighted by atomic mass is 35.5. The number of nitrogens with zero attached hydrogens (tertiary/aromatic N) is 3. The van der Waals surface area contributed by atoms with E-state index in [2.05, 4.69) is 36.6 Å². The van der Waals surface area contributed by atoms with Crippen LogP contribution in [0.3, 0.4) is 0 Å². The SMILES string of the molecule is CNC(=O)c1cccc(F)c1Nc1nc(Nc2ccc3c(c2)NC(=O)C(NC(=O)N2CCCC2)CC3(C)C)ncc1Cl.O=C(O)C(F)(F)F. The molecular formula is C31H33ClF4N8O5. The first kappa shape index (κ1) is 36.6. The maximum atomic E-state index is 14.7. The smallest absolute Gasteiger partial charge is 0.475 e. The van der Waals surface area contributed by atoms with Crippen molar-refractivity contribution in [2.24, 2.45) is 0 Å². The second-order valence-electron chi connectivity index (χ2n) is 11.7. The number of fused-ring (bicyclic) bond motifs is 1. The number of urea groups is 1. The minimum absolute atomic E-state index is 0.0789. The molecular weight excluding hydrogens is 676 g/mol. The highest BCUT2D eigenvalue weighted by Gasteiger charge is 2.38. The topological polar surface area (TPSA) is 178 Å². The van der Waals surface area contributed by atoms with Crippen molar-refractivity contribution in [1.82, 2.24) is 25.5 Å². The summed E-state index contributed by atoms with van der Waals surface area (Å²) in [6.07, 6.45) is -1.37. The van der Waals surface area contributed by atoms with Gasteiger partial charge in [-0.2, -0.15) is 18.2 Å². The summed E-state index contributed by atoms with van der Waals surface area (Å²) in [5, 5.41) is 21.5. The third-order valence-electron chi connectivity index (χ3n) is 7.70. The monoisotopic (exact) mass is 708 g/mol. The number of hydrogen-bond acceptors (Lipinski definition) is 8. The minimum Gasteiger partial charge on any atom is -0.475 e. The normalized spacial score (nSPS) is 16.6. The van der Waals surface area contributed by atoms with E-state index in [0.717, 1.165) is 18.4 Å². The predicted octanol–water partition coefficient (Wildman–Crippen LogP) is 5.54. The first-order valence-corrected chi connectivity index (χ1v) is 15.3. The fourth-order valence-corrected chi connectivity index (χ4v) is 5.40. The lowest BCUT2D eigenvalue weighted by atomic mass is 9.79. The molecule has 5 rings (SSSR count). The summed E-state index contributed by atoms with van der Waals surface area (Å²) in [6.45, 7) is 5.45. The summed E-state index contributed by atoms with van der Waals surface area (Å²) in [5.41, 5.74) is 1.67. The van der Waals surface area contributed by atoms with Crippen LogP contribution in [0.4, 0.5) is 51.2 Å². The number of alkyl halides is 3. The van der Waals surface area contributed by atoms with Gasteiger partial charge in [0.25, 0.3) is 5.91 Å². The van der Waals surface area contributed by atoms with Crippen molar-refractivity contribution >= 4 is 64.2 Å². The van der Waals surface area contributed by atoms with Crippen molar-refractivity contribution in [2.45, 2.75) is 50.7 Å². The number of likely N-dealkylation sites (tertiary alicyclic amines) is 1. The van der Waals surface area contributed by atoms with Crippen LogP contribution in [-0.2, 0) is 15.0 Å². The summed E-state index contributed by atoms with van der Waals surface area (Å²) >= 11 is 6.30. The summed E-state index contributed by atoms with van der Waals surface area (Å²) in [6, 6.07) is 8.73. The van der Waals surface area contributed by atoms with E-state index in [1.807, 2.05) is 26.0 Å². The van der Waals surface area contributed by atoms with Gasteiger partial charge < -0.3 is 36.6 Å². The molecule has 2 aromatic carbocycles. The third kappa shape index (κ3) is 9.04. The number of carbonyl (C=O) groups is 4. The summed E-state index contributed by atoms with van der Waals surface area (Å²) < 4.78 is 46.4. The van der Waals surface area contributed by atoms with Crippen LogP contribution in [-0.4, -0.2) is 76.1 Å². The zero-order chi connectivity index (χ0) is 36.1. The van der Waals surface area contributed by atoms with E-state index >= 15 is 0 Å². The quantitative estimate of drug-likeness (QED) is 0.179. The van der Waals surface area contributed by atoms with Crippen molar-refractivity contribution in [3.63, 3.8) is 0 Å². The number of anilines is 5. The number of carbonyl (C=O) groups excluding carboxylic acids is 3. The molecule has 0 saturated carbocycles. The molecule has 1 atom stereocenters. The van der Waals surface area contributed by atoms with Crippen molar-refractivity contribution in [2.75, 3.05) is 36.1 Å². The van der Waals surface area contributed by atoms with E-state index in [-0.39, 0.29) is 40.0 Å². The van der Waals surface area contributed by atoms with E-state index in [1.54, 1.807) is 11.0 Å². The Bertz CT molecular complexity index is 1750. The Labute approximate surface area is 282 Å². The number of hydrogen-bond donors (Lipinski definition) is 6. The number of rotatable bonds is 6. The van der Waals surface area contributed by atoms with Crippen molar-refractivity contribution in [3.05, 3.63) is 64.6 Å². The standard InChI is InChI=1S/C29H32ClFN8O3.C2HF3O2/c1-29(2)14-22(36-28(42)39-11-4-5-12-39)26(41)35-21-13-16(9-10-18(21)29)34-27-33-15-19(30)24(38-27)37-23-17(25(40)32-3)7-6-8-20(23)31;3-2(4,5)1(6)7/h6-10,13,15,22H,4-5,11-12,14H2,1-3H3,(H,32,40)(H,35,41)(H,36,42)(H2,33,34,37,38);(H,6,7). The molecule has 3 aromatic rings. The first-order chi connectivity index (χ1) is 23.0. The van der Waals surface area contributed by atoms with Gasteiger partial charge in [-0.3, -0.25) is 9.59 Å². The lowest BCUT2D eigenvalue weighted by Gasteiger charge is -2.28. The molecule has 3 heterocycles. The van der Waals surface area contributed by atoms with Crippen LogP contribution >= 0.6 is 11.6 Å². The highest BCUT2D eigenvalue weighted by Crippen LogP contribution is 2.39. The van der Waals surface area contributed by atoms with Crippen molar-refractivity contribution < 1.29 is 41.8 Å². The van der Waals surface area contributed by atoms with E-state index in [0.29, 0.717) is 30.9 Å². The van der Waals surface area contributed by atoms with Gasteiger partial charge in [0, 0.05) is 31.5 Å². The Morgan fingerprint density at radius 3 is 2.41 bits per heavy atom. The van der Waals surface area contributed by atoms with E-state index in [4.69, 9.17) is 21.5 Å². The number of carboxylic acids is 1. The summed E-state index contributed by atoms with van der Waals surface area (Å²) in [4.78, 5) is 57.4. The Hall–Kier alpha value is -5.19. The molecule has 13 nitrogen and oxygen atoms in total. The summed E-state index contributed by atoms with van der Waals surface area (Å²) in [5.74, 6) is -3.95. The Balaban J connectivity index is 0.000000698. The zero-order valence-corrected chi connectivity index (χ0v) is 27.2. The van der Waals surface area contributed by atoms with Gasteiger partial charge in [-0.25, -0.2) is 19.0 Å². The average molecular weight is 709 g/mol. The molecule has 262 valence electrons. The van der Waals surface area contributed by atoms with Crippen LogP contribution < -0.4 is 26.6 Å². The maximum Gasteiger partial charge on any atom is 0.490 e. The molecule has 1 unspecified atom stereocenters. The minimum atomic E-state index is -5.08. The van der Waals surface area contributed by atoms with E-state index < -0.39 is 35.3 Å². The molecule has 0 aliphatic carbocycles. The highest BCUT2D eigenvalue weighted by molar-refractivity contribution is 6.33. The Kier molecular flexibility index (Phi) is 11.2. The molecule has 0 radical (unpaired) electrons. The van der Waals surface area contributed by atoms with Gasteiger partial charge >= 0.3 is 18.2 Å². The van der Waals surface area contributed by atoms with Gasteiger partial charge in [0.2, 0.25) is 11.9 Å². The molecule has 1 aromatic heterocycles. The average Bonchev–Trinajstić information content (AvgIpc) is 3.55. The lowest BCUT2D eigenvalue weighted by molar-refractivity contribution is -0.192. The second-order valence-corrected chi connectivity index (χ2v) is 12.1. The number of benzene rings is 2.